The third kappa shape index (κ3) is 2.90. The highest BCUT2D eigenvalue weighted by molar-refractivity contribution is 6.17. The molecule has 4 aliphatic rings. The number of ketones is 1. The van der Waals surface area contributed by atoms with Crippen molar-refractivity contribution in [3.63, 3.8) is 0 Å². The number of unbranched alkanes of at least 4 members (excludes halogenated alkanes) is 1. The Morgan fingerprint density at radius 1 is 1.25 bits per heavy atom. The maximum absolute atomic E-state index is 15.2. The predicted octanol–water partition coefficient (Wildman–Crippen LogP) is 5.22. The first kappa shape index (κ1) is 20.4. The average Bonchev–Trinajstić information content (AvgIpc) is 2.92. The highest BCUT2D eigenvalue weighted by Crippen LogP contribution is 2.67. The van der Waals surface area contributed by atoms with Gasteiger partial charge in [-0.1, -0.05) is 19.8 Å². The molecule has 28 heavy (non-hydrogen) atoms. The van der Waals surface area contributed by atoms with E-state index < -0.39 is 11.8 Å². The molecule has 3 saturated carbocycles. The predicted molar refractivity (Wildman–Crippen MR) is 110 cm³/mol. The van der Waals surface area contributed by atoms with Crippen LogP contribution in [0.25, 0.3) is 0 Å². The Kier molecular flexibility index (Phi) is 5.20. The minimum Gasteiger partial charge on any atom is -0.377 e. The standard InChI is InChI=1S/C24H32ClFO2/c1-22-10-6-16(27)14-20(22)21(26)15-17-18(22)7-11-23(2)19(17)8-12-24(23,28)9-4-3-5-13-25/h14,17-19,21,28H,3,5-8,10-13,15H2,1-2H3/t17-,18+,19+,21?,22-,23+,24+/m1/s1. The van der Waals surface area contributed by atoms with Crippen molar-refractivity contribution < 1.29 is 14.3 Å². The van der Waals surface area contributed by atoms with E-state index in [1.807, 2.05) is 0 Å². The summed E-state index contributed by atoms with van der Waals surface area (Å²) in [4.78, 5) is 11.9. The van der Waals surface area contributed by atoms with Crippen molar-refractivity contribution in [1.82, 2.24) is 0 Å². The summed E-state index contributed by atoms with van der Waals surface area (Å²) in [5.74, 6) is 8.01. The lowest BCUT2D eigenvalue weighted by molar-refractivity contribution is -0.121. The Morgan fingerprint density at radius 2 is 2.00 bits per heavy atom. The van der Waals surface area contributed by atoms with Gasteiger partial charge in [-0.25, -0.2) is 4.39 Å². The molecule has 2 nitrogen and oxygen atoms in total. The van der Waals surface area contributed by atoms with Crippen LogP contribution in [0.1, 0.15) is 71.6 Å². The first-order valence-corrected chi connectivity index (χ1v) is 11.5. The van der Waals surface area contributed by atoms with E-state index in [9.17, 15) is 9.90 Å². The van der Waals surface area contributed by atoms with E-state index in [1.54, 1.807) is 6.08 Å². The summed E-state index contributed by atoms with van der Waals surface area (Å²) < 4.78 is 15.2. The normalized spacial score (nSPS) is 47.3. The molecule has 0 aromatic carbocycles. The lowest BCUT2D eigenvalue weighted by Crippen LogP contribution is -2.56. The van der Waals surface area contributed by atoms with Crippen LogP contribution < -0.4 is 0 Å². The van der Waals surface area contributed by atoms with E-state index in [-0.39, 0.29) is 22.5 Å². The largest absolute Gasteiger partial charge is 0.377 e. The summed E-state index contributed by atoms with van der Waals surface area (Å²) in [6.45, 7) is 4.37. The van der Waals surface area contributed by atoms with Crippen LogP contribution in [0.4, 0.5) is 4.39 Å². The summed E-state index contributed by atoms with van der Waals surface area (Å²) in [6.07, 6.45) is 7.45. The van der Waals surface area contributed by atoms with Gasteiger partial charge >= 0.3 is 0 Å². The summed E-state index contributed by atoms with van der Waals surface area (Å²) in [5, 5.41) is 11.5. The molecule has 1 unspecified atom stereocenters. The minimum absolute atomic E-state index is 0.0803. The van der Waals surface area contributed by atoms with Crippen LogP contribution in [0.3, 0.4) is 0 Å². The third-order valence-corrected chi connectivity index (χ3v) is 9.09. The maximum atomic E-state index is 15.2. The topological polar surface area (TPSA) is 37.3 Å². The molecule has 0 bridgehead atoms. The molecule has 0 amide bonds. The molecule has 1 N–H and O–H groups in total. The van der Waals surface area contributed by atoms with Gasteiger partial charge in [0, 0.05) is 24.1 Å². The Bertz CT molecular complexity index is 751. The molecule has 3 fully saturated rings. The number of rotatable bonds is 2. The number of aliphatic hydroxyl groups is 1. The Labute approximate surface area is 173 Å². The van der Waals surface area contributed by atoms with Crippen molar-refractivity contribution in [2.24, 2.45) is 28.6 Å². The number of hydrogen-bond acceptors (Lipinski definition) is 2. The molecule has 0 aliphatic heterocycles. The lowest BCUT2D eigenvalue weighted by Gasteiger charge is -2.59. The molecule has 7 atom stereocenters. The maximum Gasteiger partial charge on any atom is 0.155 e. The SMILES string of the molecule is C[C@]12CCC(=O)C=C1C(F)C[C@@H]1[C@@H]2CC[C@@]2(C)[C@H]1CC[C@@]2(O)C#CCCCCl. The lowest BCUT2D eigenvalue weighted by atomic mass is 9.46. The van der Waals surface area contributed by atoms with Crippen LogP contribution in [-0.4, -0.2) is 28.5 Å². The van der Waals surface area contributed by atoms with Crippen molar-refractivity contribution in [2.75, 3.05) is 5.88 Å². The molecule has 4 heteroatoms. The fourth-order valence-corrected chi connectivity index (χ4v) is 7.28. The van der Waals surface area contributed by atoms with Crippen LogP contribution >= 0.6 is 11.6 Å². The monoisotopic (exact) mass is 406 g/mol. The zero-order valence-electron chi connectivity index (χ0n) is 17.1. The summed E-state index contributed by atoms with van der Waals surface area (Å²) >= 11 is 5.75. The van der Waals surface area contributed by atoms with Crippen LogP contribution in [0.2, 0.25) is 0 Å². The van der Waals surface area contributed by atoms with Gasteiger partial charge in [0.25, 0.3) is 0 Å². The van der Waals surface area contributed by atoms with E-state index in [0.717, 1.165) is 37.7 Å². The molecular formula is C24H32ClFO2. The first-order chi connectivity index (χ1) is 13.2. The van der Waals surface area contributed by atoms with E-state index in [1.165, 1.54) is 0 Å². The second-order valence-corrected chi connectivity index (χ2v) is 10.4. The van der Waals surface area contributed by atoms with Gasteiger partial charge in [0.15, 0.2) is 5.78 Å². The smallest absolute Gasteiger partial charge is 0.155 e. The summed E-state index contributed by atoms with van der Waals surface area (Å²) in [7, 11) is 0. The Balaban J connectivity index is 1.63. The van der Waals surface area contributed by atoms with Crippen LogP contribution in [-0.2, 0) is 4.79 Å². The highest BCUT2D eigenvalue weighted by atomic mass is 35.5. The highest BCUT2D eigenvalue weighted by Gasteiger charge is 2.64. The molecule has 4 rings (SSSR count). The number of fused-ring (bicyclic) bond motifs is 5. The van der Waals surface area contributed by atoms with E-state index in [0.29, 0.717) is 43.4 Å². The number of carbonyl (C=O) groups excluding carboxylic acids is 1. The van der Waals surface area contributed by atoms with Gasteiger partial charge in [-0.05, 0) is 79.8 Å². The van der Waals surface area contributed by atoms with Crippen LogP contribution in [0.5, 0.6) is 0 Å². The minimum atomic E-state index is -1.03. The van der Waals surface area contributed by atoms with Crippen molar-refractivity contribution in [2.45, 2.75) is 83.4 Å². The fraction of sp³-hybridized carbons (Fsp3) is 0.792. The van der Waals surface area contributed by atoms with Gasteiger partial charge in [-0.15, -0.1) is 17.5 Å². The second kappa shape index (κ2) is 7.13. The van der Waals surface area contributed by atoms with Gasteiger partial charge in [0.05, 0.1) is 0 Å². The van der Waals surface area contributed by atoms with E-state index in [2.05, 4.69) is 25.7 Å². The van der Waals surface area contributed by atoms with Gasteiger partial charge in [0.2, 0.25) is 0 Å². The quantitative estimate of drug-likeness (QED) is 0.388. The third-order valence-electron chi connectivity index (χ3n) is 8.82. The molecule has 4 aliphatic carbocycles. The van der Waals surface area contributed by atoms with Crippen molar-refractivity contribution in [3.05, 3.63) is 11.6 Å². The van der Waals surface area contributed by atoms with Gasteiger partial charge < -0.3 is 5.11 Å². The van der Waals surface area contributed by atoms with E-state index >= 15 is 4.39 Å². The molecule has 0 heterocycles. The fourth-order valence-electron chi connectivity index (χ4n) is 7.14. The average molecular weight is 407 g/mol. The molecule has 0 aromatic rings. The number of allylic oxidation sites excluding steroid dienone is 1. The number of alkyl halides is 2. The number of halogens is 2. The van der Waals surface area contributed by atoms with Gasteiger partial charge in [-0.3, -0.25) is 4.79 Å². The molecule has 0 aromatic heterocycles. The second-order valence-electron chi connectivity index (χ2n) is 10.0. The van der Waals surface area contributed by atoms with E-state index in [4.69, 9.17) is 11.6 Å². The molecule has 0 radical (unpaired) electrons. The van der Waals surface area contributed by atoms with Gasteiger partial charge in [-0.2, -0.15) is 0 Å². The molecule has 154 valence electrons. The number of hydrogen-bond donors (Lipinski definition) is 1. The molecular weight excluding hydrogens is 375 g/mol. The number of carbonyl (C=O) groups is 1. The Hall–Kier alpha value is -0.850. The molecule has 0 saturated heterocycles. The van der Waals surface area contributed by atoms with Crippen LogP contribution in [0.15, 0.2) is 11.6 Å². The van der Waals surface area contributed by atoms with Crippen LogP contribution in [0, 0.1) is 40.4 Å². The first-order valence-electron chi connectivity index (χ1n) is 10.9. The zero-order chi connectivity index (χ0) is 20.2. The zero-order valence-corrected chi connectivity index (χ0v) is 17.8. The molecule has 0 spiro atoms. The van der Waals surface area contributed by atoms with Gasteiger partial charge in [0.1, 0.15) is 11.8 Å². The van der Waals surface area contributed by atoms with Crippen molar-refractivity contribution in [1.29, 1.82) is 0 Å². The van der Waals surface area contributed by atoms with Crippen molar-refractivity contribution >= 4 is 17.4 Å². The Morgan fingerprint density at radius 3 is 2.75 bits per heavy atom. The summed E-state index contributed by atoms with van der Waals surface area (Å²) in [6, 6.07) is 0. The summed E-state index contributed by atoms with van der Waals surface area (Å²) in [5.41, 5.74) is -0.697. The van der Waals surface area contributed by atoms with Crippen molar-refractivity contribution in [3.8, 4) is 11.8 Å².